The highest BCUT2D eigenvalue weighted by Crippen LogP contribution is 2.36. The van der Waals surface area contributed by atoms with Crippen molar-refractivity contribution in [3.05, 3.63) is 18.0 Å². The predicted octanol–water partition coefficient (Wildman–Crippen LogP) is 1.24. The van der Waals surface area contributed by atoms with Crippen molar-refractivity contribution >= 4 is 18.3 Å². The van der Waals surface area contributed by atoms with Crippen molar-refractivity contribution in [2.24, 2.45) is 0 Å². The average molecular weight is 256 g/mol. The van der Waals surface area contributed by atoms with Gasteiger partial charge in [0.2, 0.25) is 11.9 Å². The lowest BCUT2D eigenvalue weighted by Crippen LogP contribution is -2.41. The number of hydrogen-bond donors (Lipinski definition) is 1. The Labute approximate surface area is 105 Å². The van der Waals surface area contributed by atoms with E-state index in [1.54, 1.807) is 0 Å². The molecular formula is C11H15BF2N2O2. The Morgan fingerprint density at radius 3 is 2.11 bits per heavy atom. The zero-order valence-electron chi connectivity index (χ0n) is 10.8. The Morgan fingerprint density at radius 1 is 1.17 bits per heavy atom. The quantitative estimate of drug-likeness (QED) is 0.606. The molecule has 18 heavy (non-hydrogen) atoms. The van der Waals surface area contributed by atoms with Crippen LogP contribution in [0, 0.1) is 11.9 Å². The number of nitrogens with two attached hydrogens (primary N) is 1. The second kappa shape index (κ2) is 3.89. The summed E-state index contributed by atoms with van der Waals surface area (Å²) in [7, 11) is -0.983. The van der Waals surface area contributed by atoms with Crippen LogP contribution in [-0.4, -0.2) is 23.3 Å². The second-order valence-electron chi connectivity index (χ2n) is 5.33. The van der Waals surface area contributed by atoms with Crippen molar-refractivity contribution in [2.75, 3.05) is 5.73 Å². The molecule has 0 radical (unpaired) electrons. The van der Waals surface area contributed by atoms with Gasteiger partial charge in [0.05, 0.1) is 16.7 Å². The first kappa shape index (κ1) is 13.2. The van der Waals surface area contributed by atoms with Crippen molar-refractivity contribution in [3.8, 4) is 0 Å². The minimum absolute atomic E-state index is 0.0601. The third-order valence-electron chi connectivity index (χ3n) is 3.50. The molecule has 0 spiro atoms. The highest BCUT2D eigenvalue weighted by Gasteiger charge is 2.53. The summed E-state index contributed by atoms with van der Waals surface area (Å²) in [6, 6.07) is 0.948. The van der Waals surface area contributed by atoms with E-state index in [-0.39, 0.29) is 11.2 Å². The molecule has 98 valence electrons. The number of nitrogen functional groups attached to an aromatic ring is 1. The standard InChI is InChI=1S/C11H15BF2N2O2/c1-10(2)11(3,4)18-12(17-10)8-6(15)5-7(13)16-9(8)14/h5H,1-4H3,(H2,15,16). The van der Waals surface area contributed by atoms with Crippen molar-refractivity contribution in [1.82, 2.24) is 4.98 Å². The molecule has 0 aromatic carbocycles. The Bertz CT molecular complexity index is 455. The molecule has 1 aromatic rings. The fourth-order valence-corrected chi connectivity index (χ4v) is 1.71. The van der Waals surface area contributed by atoms with Crippen LogP contribution in [0.1, 0.15) is 27.7 Å². The molecule has 2 N–H and O–H groups in total. The van der Waals surface area contributed by atoms with Crippen LogP contribution >= 0.6 is 0 Å². The van der Waals surface area contributed by atoms with E-state index in [1.807, 2.05) is 27.7 Å². The summed E-state index contributed by atoms with van der Waals surface area (Å²) in [5.41, 5.74) is 4.23. The first-order valence-corrected chi connectivity index (χ1v) is 5.61. The minimum Gasteiger partial charge on any atom is -0.399 e. The highest BCUT2D eigenvalue weighted by atomic mass is 19.1. The van der Waals surface area contributed by atoms with Crippen molar-refractivity contribution in [3.63, 3.8) is 0 Å². The summed E-state index contributed by atoms with van der Waals surface area (Å²) in [6.45, 7) is 7.33. The molecule has 1 aromatic heterocycles. The Hall–Kier alpha value is -1.21. The summed E-state index contributed by atoms with van der Waals surface area (Å²) < 4.78 is 37.9. The fourth-order valence-electron chi connectivity index (χ4n) is 1.71. The van der Waals surface area contributed by atoms with Gasteiger partial charge < -0.3 is 15.0 Å². The zero-order chi connectivity index (χ0) is 13.7. The number of hydrogen-bond acceptors (Lipinski definition) is 4. The summed E-state index contributed by atoms with van der Waals surface area (Å²) in [5.74, 6) is -1.98. The molecule has 0 atom stereocenters. The number of pyridine rings is 1. The van der Waals surface area contributed by atoms with Crippen LogP contribution in [0.25, 0.3) is 0 Å². The first-order valence-electron chi connectivity index (χ1n) is 5.61. The minimum atomic E-state index is -1.01. The van der Waals surface area contributed by atoms with Gasteiger partial charge in [0.25, 0.3) is 0 Å². The van der Waals surface area contributed by atoms with Gasteiger partial charge in [0.15, 0.2) is 0 Å². The smallest absolute Gasteiger partial charge is 0.399 e. The maximum absolute atomic E-state index is 13.7. The van der Waals surface area contributed by atoms with Gasteiger partial charge >= 0.3 is 7.12 Å². The molecule has 0 aliphatic carbocycles. The van der Waals surface area contributed by atoms with E-state index in [0.717, 1.165) is 6.07 Å². The van der Waals surface area contributed by atoms with Crippen molar-refractivity contribution in [2.45, 2.75) is 38.9 Å². The van der Waals surface area contributed by atoms with Gasteiger partial charge in [-0.25, -0.2) is 0 Å². The van der Waals surface area contributed by atoms with Gasteiger partial charge in [-0.2, -0.15) is 13.8 Å². The summed E-state index contributed by atoms with van der Waals surface area (Å²) in [5, 5.41) is 0. The van der Waals surface area contributed by atoms with Crippen LogP contribution in [0.15, 0.2) is 6.07 Å². The third kappa shape index (κ3) is 1.97. The lowest BCUT2D eigenvalue weighted by atomic mass is 9.78. The average Bonchev–Trinajstić information content (AvgIpc) is 2.32. The number of aromatic nitrogens is 1. The van der Waals surface area contributed by atoms with E-state index in [1.165, 1.54) is 0 Å². The van der Waals surface area contributed by atoms with Gasteiger partial charge in [-0.15, -0.1) is 0 Å². The lowest BCUT2D eigenvalue weighted by molar-refractivity contribution is 0.00578. The molecule has 0 saturated carbocycles. The van der Waals surface area contributed by atoms with Crippen molar-refractivity contribution in [1.29, 1.82) is 0 Å². The number of rotatable bonds is 1. The molecule has 4 nitrogen and oxygen atoms in total. The van der Waals surface area contributed by atoms with Crippen LogP contribution in [-0.2, 0) is 9.31 Å². The first-order chi connectivity index (χ1) is 8.14. The molecule has 1 fully saturated rings. The molecule has 2 heterocycles. The molecule has 7 heteroatoms. The van der Waals surface area contributed by atoms with Crippen molar-refractivity contribution < 1.29 is 18.1 Å². The van der Waals surface area contributed by atoms with Crippen LogP contribution in [0.3, 0.4) is 0 Å². The molecule has 0 unspecified atom stereocenters. The molecule has 0 amide bonds. The number of halogens is 2. The zero-order valence-corrected chi connectivity index (χ0v) is 10.8. The molecular weight excluding hydrogens is 241 g/mol. The van der Waals surface area contributed by atoms with E-state index in [0.29, 0.717) is 0 Å². The molecule has 1 aliphatic heterocycles. The maximum Gasteiger partial charge on any atom is 0.501 e. The SMILES string of the molecule is CC1(C)OB(c2c(N)cc(F)nc2F)OC1(C)C. The Balaban J connectivity index is 2.42. The van der Waals surface area contributed by atoms with Gasteiger partial charge in [-0.1, -0.05) is 0 Å². The van der Waals surface area contributed by atoms with E-state index in [9.17, 15) is 8.78 Å². The topological polar surface area (TPSA) is 57.4 Å². The second-order valence-corrected chi connectivity index (χ2v) is 5.33. The largest absolute Gasteiger partial charge is 0.501 e. The van der Waals surface area contributed by atoms with Gasteiger partial charge in [0, 0.05) is 11.8 Å². The van der Waals surface area contributed by atoms with Crippen LogP contribution < -0.4 is 11.2 Å². The molecule has 2 rings (SSSR count). The van der Waals surface area contributed by atoms with Gasteiger partial charge in [-0.3, -0.25) is 0 Å². The van der Waals surface area contributed by atoms with Crippen LogP contribution in [0.5, 0.6) is 0 Å². The van der Waals surface area contributed by atoms with E-state index < -0.39 is 30.2 Å². The van der Waals surface area contributed by atoms with E-state index in [2.05, 4.69) is 4.98 Å². The summed E-state index contributed by atoms with van der Waals surface area (Å²) in [4.78, 5) is 3.10. The van der Waals surface area contributed by atoms with E-state index >= 15 is 0 Å². The third-order valence-corrected chi connectivity index (χ3v) is 3.50. The summed E-state index contributed by atoms with van der Waals surface area (Å²) in [6.07, 6.45) is 0. The normalized spacial score (nSPS) is 21.3. The lowest BCUT2D eigenvalue weighted by Gasteiger charge is -2.32. The van der Waals surface area contributed by atoms with Gasteiger partial charge in [-0.05, 0) is 27.7 Å². The Kier molecular flexibility index (Phi) is 2.86. The number of nitrogens with zero attached hydrogens (tertiary/aromatic N) is 1. The van der Waals surface area contributed by atoms with Crippen LogP contribution in [0.2, 0.25) is 0 Å². The maximum atomic E-state index is 13.7. The monoisotopic (exact) mass is 256 g/mol. The predicted molar refractivity (Wildman–Crippen MR) is 64.3 cm³/mol. The van der Waals surface area contributed by atoms with E-state index in [4.69, 9.17) is 15.0 Å². The van der Waals surface area contributed by atoms with Crippen LogP contribution in [0.4, 0.5) is 14.5 Å². The Morgan fingerprint density at radius 2 is 1.67 bits per heavy atom. The highest BCUT2D eigenvalue weighted by molar-refractivity contribution is 6.63. The fraction of sp³-hybridized carbons (Fsp3) is 0.545. The molecule has 1 aliphatic rings. The number of anilines is 1. The van der Waals surface area contributed by atoms with Gasteiger partial charge in [0.1, 0.15) is 0 Å². The molecule has 1 saturated heterocycles. The molecule has 0 bridgehead atoms. The summed E-state index contributed by atoms with van der Waals surface area (Å²) >= 11 is 0.